The number of ether oxygens (including phenoxy) is 2. The molecular weight excluding hydrogens is 464 g/mol. The van der Waals surface area contributed by atoms with Crippen LogP contribution in [-0.2, 0) is 11.3 Å². The van der Waals surface area contributed by atoms with Crippen molar-refractivity contribution in [2.24, 2.45) is 0 Å². The molecule has 8 heteroatoms. The molecule has 174 valence electrons. The summed E-state index contributed by atoms with van der Waals surface area (Å²) in [6.45, 7) is 1.82. The van der Waals surface area contributed by atoms with Gasteiger partial charge in [-0.2, -0.15) is 0 Å². The van der Waals surface area contributed by atoms with Crippen LogP contribution in [0.1, 0.15) is 42.3 Å². The van der Waals surface area contributed by atoms with E-state index in [2.05, 4.69) is 4.98 Å². The van der Waals surface area contributed by atoms with Gasteiger partial charge in [0.15, 0.2) is 0 Å². The topological polar surface area (TPSA) is 85.8 Å². The Kier molecular flexibility index (Phi) is 5.88. The second-order valence-electron chi connectivity index (χ2n) is 7.94. The van der Waals surface area contributed by atoms with E-state index in [1.165, 1.54) is 29.5 Å². The number of aryl methyl sites for hydroxylation is 1. The highest BCUT2D eigenvalue weighted by Gasteiger charge is 2.37. The molecule has 0 atom stereocenters. The number of rotatable bonds is 6. The number of amides is 2. The molecule has 0 spiro atoms. The van der Waals surface area contributed by atoms with Crippen molar-refractivity contribution in [2.45, 2.75) is 13.5 Å². The third kappa shape index (κ3) is 4.20. The van der Waals surface area contributed by atoms with E-state index in [1.54, 1.807) is 19.2 Å². The maximum absolute atomic E-state index is 13.0. The fourth-order valence-electron chi connectivity index (χ4n) is 3.89. The van der Waals surface area contributed by atoms with Crippen LogP contribution >= 0.6 is 11.3 Å². The maximum atomic E-state index is 13.0. The summed E-state index contributed by atoms with van der Waals surface area (Å²) in [6.07, 6.45) is 0. The van der Waals surface area contributed by atoms with Gasteiger partial charge in [0.2, 0.25) is 0 Å². The van der Waals surface area contributed by atoms with Crippen LogP contribution < -0.4 is 9.64 Å². The van der Waals surface area contributed by atoms with E-state index in [1.807, 2.05) is 48.7 Å². The summed E-state index contributed by atoms with van der Waals surface area (Å²) in [5, 5.41) is 2.61. The van der Waals surface area contributed by atoms with Crippen molar-refractivity contribution < 1.29 is 23.9 Å². The van der Waals surface area contributed by atoms with Crippen LogP contribution in [-0.4, -0.2) is 29.9 Å². The summed E-state index contributed by atoms with van der Waals surface area (Å²) in [7, 11) is 1.61. The number of fused-ring (bicyclic) bond motifs is 1. The predicted octanol–water partition coefficient (Wildman–Crippen LogP) is 5.28. The van der Waals surface area contributed by atoms with Crippen LogP contribution in [0, 0.1) is 6.92 Å². The molecule has 4 aromatic rings. The van der Waals surface area contributed by atoms with Gasteiger partial charge in [-0.1, -0.05) is 30.3 Å². The number of nitrogens with zero attached hydrogens (tertiary/aromatic N) is 2. The minimum absolute atomic E-state index is 0.0153. The first-order valence-corrected chi connectivity index (χ1v) is 11.7. The third-order valence-corrected chi connectivity index (χ3v) is 6.64. The normalized spacial score (nSPS) is 12.6. The van der Waals surface area contributed by atoms with Crippen LogP contribution in [0.2, 0.25) is 0 Å². The van der Waals surface area contributed by atoms with Gasteiger partial charge in [0.1, 0.15) is 17.4 Å². The zero-order valence-electron chi connectivity index (χ0n) is 19.0. The van der Waals surface area contributed by atoms with Crippen molar-refractivity contribution in [3.05, 3.63) is 100 Å². The van der Waals surface area contributed by atoms with E-state index in [4.69, 9.17) is 9.47 Å². The molecule has 2 heterocycles. The number of esters is 1. The fraction of sp³-hybridized carbons (Fsp3) is 0.111. The first-order valence-electron chi connectivity index (χ1n) is 10.8. The monoisotopic (exact) mass is 484 g/mol. The number of methoxy groups -OCH3 is 1. The second kappa shape index (κ2) is 9.15. The predicted molar refractivity (Wildman–Crippen MR) is 132 cm³/mol. The van der Waals surface area contributed by atoms with Gasteiger partial charge in [0, 0.05) is 10.9 Å². The minimum atomic E-state index is -0.599. The molecule has 3 aromatic carbocycles. The number of carbonyl (C=O) groups is 3. The number of hydrogen-bond acceptors (Lipinski definition) is 7. The lowest BCUT2D eigenvalue weighted by Crippen LogP contribution is -2.29. The molecule has 35 heavy (non-hydrogen) atoms. The number of para-hydroxylation sites is 1. The molecule has 0 N–H and O–H groups in total. The minimum Gasteiger partial charge on any atom is -0.497 e. The number of carbonyl (C=O) groups excluding carboxylic acids is 3. The molecule has 0 aliphatic carbocycles. The molecule has 2 amide bonds. The molecule has 0 saturated heterocycles. The van der Waals surface area contributed by atoms with E-state index >= 15 is 0 Å². The van der Waals surface area contributed by atoms with Gasteiger partial charge in [-0.15, -0.1) is 11.3 Å². The van der Waals surface area contributed by atoms with Crippen molar-refractivity contribution >= 4 is 34.8 Å². The van der Waals surface area contributed by atoms with E-state index in [-0.39, 0.29) is 23.3 Å². The highest BCUT2D eigenvalue weighted by Crippen LogP contribution is 2.31. The average molecular weight is 485 g/mol. The molecule has 0 radical (unpaired) electrons. The zero-order valence-corrected chi connectivity index (χ0v) is 19.8. The standard InChI is InChI=1S/C27H20N2O5S/c1-16-6-3-4-9-23(16)29-25(30)21-11-10-18(13-22(21)26(29)31)27(32)34-14-19-15-35-24(28-19)17-7-5-8-20(12-17)33-2/h3-13,15H,14H2,1-2H3. The SMILES string of the molecule is COc1cccc(-c2nc(COC(=O)c3ccc4c(c3)C(=O)N(c3ccccc3C)C4=O)cs2)c1. The Labute approximate surface area is 205 Å². The van der Waals surface area contributed by atoms with Crippen LogP contribution in [0.3, 0.4) is 0 Å². The van der Waals surface area contributed by atoms with Crippen LogP contribution in [0.4, 0.5) is 5.69 Å². The molecule has 0 unspecified atom stereocenters. The van der Waals surface area contributed by atoms with Crippen LogP contribution in [0.5, 0.6) is 5.75 Å². The summed E-state index contributed by atoms with van der Waals surface area (Å²) < 4.78 is 10.7. The second-order valence-corrected chi connectivity index (χ2v) is 8.80. The van der Waals surface area contributed by atoms with Crippen molar-refractivity contribution in [3.63, 3.8) is 0 Å². The van der Waals surface area contributed by atoms with E-state index < -0.39 is 17.8 Å². The largest absolute Gasteiger partial charge is 0.497 e. The van der Waals surface area contributed by atoms with Crippen LogP contribution in [0.25, 0.3) is 10.6 Å². The van der Waals surface area contributed by atoms with E-state index in [9.17, 15) is 14.4 Å². The van der Waals surface area contributed by atoms with Crippen molar-refractivity contribution in [3.8, 4) is 16.3 Å². The van der Waals surface area contributed by atoms with Gasteiger partial charge >= 0.3 is 5.97 Å². The van der Waals surface area contributed by atoms with Gasteiger partial charge in [-0.25, -0.2) is 14.7 Å². The highest BCUT2D eigenvalue weighted by molar-refractivity contribution is 7.13. The van der Waals surface area contributed by atoms with Gasteiger partial charge in [0.05, 0.1) is 35.2 Å². The lowest BCUT2D eigenvalue weighted by molar-refractivity contribution is 0.0468. The number of benzene rings is 3. The lowest BCUT2D eigenvalue weighted by Gasteiger charge is -2.16. The van der Waals surface area contributed by atoms with Gasteiger partial charge in [0.25, 0.3) is 11.8 Å². The van der Waals surface area contributed by atoms with Gasteiger partial charge < -0.3 is 9.47 Å². The molecule has 1 aromatic heterocycles. The molecule has 0 fully saturated rings. The number of aromatic nitrogens is 1. The molecule has 5 rings (SSSR count). The first-order chi connectivity index (χ1) is 17.0. The first kappa shape index (κ1) is 22.5. The fourth-order valence-corrected chi connectivity index (χ4v) is 4.69. The summed E-state index contributed by atoms with van der Waals surface area (Å²) in [6, 6.07) is 19.1. The third-order valence-electron chi connectivity index (χ3n) is 5.70. The average Bonchev–Trinajstić information content (AvgIpc) is 3.46. The molecule has 1 aliphatic heterocycles. The highest BCUT2D eigenvalue weighted by atomic mass is 32.1. The molecule has 0 saturated carbocycles. The van der Waals surface area contributed by atoms with Gasteiger partial charge in [-0.3, -0.25) is 9.59 Å². The van der Waals surface area contributed by atoms with Crippen molar-refractivity contribution in [1.29, 1.82) is 0 Å². The molecule has 7 nitrogen and oxygen atoms in total. The summed E-state index contributed by atoms with van der Waals surface area (Å²) in [5.74, 6) is -0.738. The Morgan fingerprint density at radius 2 is 1.77 bits per heavy atom. The quantitative estimate of drug-likeness (QED) is 0.273. The maximum Gasteiger partial charge on any atom is 0.338 e. The summed E-state index contributed by atoms with van der Waals surface area (Å²) in [4.78, 5) is 44.3. The Morgan fingerprint density at radius 1 is 0.971 bits per heavy atom. The number of hydrogen-bond donors (Lipinski definition) is 0. The molecule has 1 aliphatic rings. The van der Waals surface area contributed by atoms with Crippen LogP contribution in [0.15, 0.2) is 72.1 Å². The summed E-state index contributed by atoms with van der Waals surface area (Å²) >= 11 is 1.44. The molecule has 0 bridgehead atoms. The summed E-state index contributed by atoms with van der Waals surface area (Å²) in [5.41, 5.74) is 3.49. The smallest absolute Gasteiger partial charge is 0.338 e. The number of thiazole rings is 1. The Morgan fingerprint density at radius 3 is 2.57 bits per heavy atom. The number of imide groups is 1. The van der Waals surface area contributed by atoms with Gasteiger partial charge in [-0.05, 0) is 48.9 Å². The molecular formula is C27H20N2O5S. The Hall–Kier alpha value is -4.30. The van der Waals surface area contributed by atoms with Crippen molar-refractivity contribution in [2.75, 3.05) is 12.0 Å². The zero-order chi connectivity index (χ0) is 24.5. The van der Waals surface area contributed by atoms with Crippen molar-refractivity contribution in [1.82, 2.24) is 4.98 Å². The van der Waals surface area contributed by atoms with E-state index in [0.717, 1.165) is 26.8 Å². The Balaban J connectivity index is 1.30. The lowest BCUT2D eigenvalue weighted by atomic mass is 10.1. The Bertz CT molecular complexity index is 1480. The number of anilines is 1. The van der Waals surface area contributed by atoms with E-state index in [0.29, 0.717) is 11.4 Å².